The van der Waals surface area contributed by atoms with Crippen LogP contribution in [0.4, 0.5) is 0 Å². The molecule has 0 saturated carbocycles. The summed E-state index contributed by atoms with van der Waals surface area (Å²) in [5, 5.41) is 0. The Hall–Kier alpha value is -0.530. The average molecular weight is 298 g/mol. The molecule has 0 spiro atoms. The lowest BCUT2D eigenvalue weighted by Crippen LogP contribution is -2.15. The first-order chi connectivity index (χ1) is 10.2. The molecule has 2 heteroatoms. The summed E-state index contributed by atoms with van der Waals surface area (Å²) >= 11 is 0. The Labute approximate surface area is 133 Å². The van der Waals surface area contributed by atoms with Gasteiger partial charge in [0.15, 0.2) is 0 Å². The zero-order valence-corrected chi connectivity index (χ0v) is 14.7. The van der Waals surface area contributed by atoms with Crippen molar-refractivity contribution in [1.82, 2.24) is 0 Å². The molecular weight excluding hydrogens is 258 g/mol. The van der Waals surface area contributed by atoms with Crippen LogP contribution in [0.15, 0.2) is 0 Å². The topological polar surface area (TPSA) is 43.1 Å². The lowest BCUT2D eigenvalue weighted by molar-refractivity contribution is -0.119. The monoisotopic (exact) mass is 297 g/mol. The molecule has 0 heterocycles. The van der Waals surface area contributed by atoms with Gasteiger partial charge in [-0.25, -0.2) is 0 Å². The van der Waals surface area contributed by atoms with Crippen molar-refractivity contribution in [2.45, 2.75) is 110 Å². The number of carbonyl (C=O) groups excluding carboxylic acids is 1. The molecule has 2 N–H and O–H groups in total. The van der Waals surface area contributed by atoms with Crippen LogP contribution in [0.1, 0.15) is 110 Å². The summed E-state index contributed by atoms with van der Waals surface area (Å²) in [6.07, 6.45) is 19.5. The minimum atomic E-state index is -0.138. The van der Waals surface area contributed by atoms with Crippen LogP contribution < -0.4 is 5.73 Å². The van der Waals surface area contributed by atoms with Gasteiger partial charge in [-0.05, 0) is 12.3 Å². The maximum absolute atomic E-state index is 10.9. The summed E-state index contributed by atoms with van der Waals surface area (Å²) in [5.74, 6) is 0.381. The summed E-state index contributed by atoms with van der Waals surface area (Å²) in [6.45, 7) is 4.44. The molecule has 0 rings (SSSR count). The summed E-state index contributed by atoms with van der Waals surface area (Å²) in [6, 6.07) is 0. The molecule has 0 aromatic rings. The van der Waals surface area contributed by atoms with E-state index in [0.717, 1.165) is 6.42 Å². The van der Waals surface area contributed by atoms with E-state index in [1.165, 1.54) is 83.5 Å². The van der Waals surface area contributed by atoms with Crippen LogP contribution in [-0.2, 0) is 4.79 Å². The van der Waals surface area contributed by atoms with Gasteiger partial charge in [0, 0.05) is 6.42 Å². The maximum atomic E-state index is 10.9. The molecule has 0 aliphatic carbocycles. The molecule has 0 aromatic heterocycles. The highest BCUT2D eigenvalue weighted by atomic mass is 16.1. The minimum Gasteiger partial charge on any atom is -0.370 e. The zero-order valence-electron chi connectivity index (χ0n) is 14.7. The van der Waals surface area contributed by atoms with E-state index in [9.17, 15) is 4.79 Å². The molecule has 2 nitrogen and oxygen atoms in total. The van der Waals surface area contributed by atoms with Crippen molar-refractivity contribution in [2.75, 3.05) is 0 Å². The molecule has 0 aromatic carbocycles. The van der Waals surface area contributed by atoms with E-state index < -0.39 is 0 Å². The molecule has 0 radical (unpaired) electrons. The molecule has 0 bridgehead atoms. The summed E-state index contributed by atoms with van der Waals surface area (Å²) in [5.41, 5.74) is 5.27. The van der Waals surface area contributed by atoms with Crippen LogP contribution in [-0.4, -0.2) is 5.91 Å². The standard InChI is InChI=1S/C19H39NO/c1-3-5-6-7-8-9-10-11-12-13-14-15-16-18(4-2)17-19(20)21/h18H,3-17H2,1-2H3,(H2,20,21). The normalized spacial score (nSPS) is 12.5. The molecule has 1 atom stereocenters. The van der Waals surface area contributed by atoms with Gasteiger partial charge in [-0.1, -0.05) is 97.3 Å². The molecule has 0 aliphatic heterocycles. The Kier molecular flexibility index (Phi) is 15.5. The lowest BCUT2D eigenvalue weighted by atomic mass is 9.94. The molecule has 0 fully saturated rings. The van der Waals surface area contributed by atoms with Crippen molar-refractivity contribution >= 4 is 5.91 Å². The lowest BCUT2D eigenvalue weighted by Gasteiger charge is -2.12. The number of nitrogens with two attached hydrogens (primary N) is 1. The van der Waals surface area contributed by atoms with Gasteiger partial charge in [0.2, 0.25) is 5.91 Å². The second-order valence-electron chi connectivity index (χ2n) is 6.62. The fraction of sp³-hybridized carbons (Fsp3) is 0.947. The number of amides is 1. The fourth-order valence-corrected chi connectivity index (χ4v) is 3.01. The predicted molar refractivity (Wildman–Crippen MR) is 93.3 cm³/mol. The largest absolute Gasteiger partial charge is 0.370 e. The molecule has 0 aliphatic rings. The van der Waals surface area contributed by atoms with Gasteiger partial charge in [-0.3, -0.25) is 4.79 Å². The second kappa shape index (κ2) is 15.9. The Bertz CT molecular complexity index is 228. The van der Waals surface area contributed by atoms with Crippen LogP contribution in [0.25, 0.3) is 0 Å². The summed E-state index contributed by atoms with van der Waals surface area (Å²) in [7, 11) is 0. The predicted octanol–water partition coefficient (Wildman–Crippen LogP) is 5.98. The summed E-state index contributed by atoms with van der Waals surface area (Å²) in [4.78, 5) is 10.9. The first-order valence-corrected chi connectivity index (χ1v) is 9.49. The van der Waals surface area contributed by atoms with E-state index >= 15 is 0 Å². The highest BCUT2D eigenvalue weighted by Gasteiger charge is 2.08. The molecule has 21 heavy (non-hydrogen) atoms. The van der Waals surface area contributed by atoms with Gasteiger partial charge in [0.05, 0.1) is 0 Å². The molecule has 0 saturated heterocycles. The van der Waals surface area contributed by atoms with E-state index in [-0.39, 0.29) is 5.91 Å². The Morgan fingerprint density at radius 2 is 1.19 bits per heavy atom. The molecule has 126 valence electrons. The Morgan fingerprint density at radius 3 is 1.57 bits per heavy atom. The maximum Gasteiger partial charge on any atom is 0.217 e. The first-order valence-electron chi connectivity index (χ1n) is 9.49. The number of rotatable bonds is 16. The van der Waals surface area contributed by atoms with Gasteiger partial charge < -0.3 is 5.73 Å². The number of hydrogen-bond acceptors (Lipinski definition) is 1. The van der Waals surface area contributed by atoms with Crippen molar-refractivity contribution in [1.29, 1.82) is 0 Å². The minimum absolute atomic E-state index is 0.138. The van der Waals surface area contributed by atoms with Crippen LogP contribution in [0.3, 0.4) is 0 Å². The quantitative estimate of drug-likeness (QED) is 0.350. The fourth-order valence-electron chi connectivity index (χ4n) is 3.01. The Balaban J connectivity index is 3.19. The highest BCUT2D eigenvalue weighted by molar-refractivity contribution is 5.73. The van der Waals surface area contributed by atoms with E-state index in [0.29, 0.717) is 12.3 Å². The van der Waals surface area contributed by atoms with Crippen LogP contribution >= 0.6 is 0 Å². The van der Waals surface area contributed by atoms with Crippen molar-refractivity contribution in [3.05, 3.63) is 0 Å². The molecule has 1 amide bonds. The van der Waals surface area contributed by atoms with Gasteiger partial charge in [0.25, 0.3) is 0 Å². The first kappa shape index (κ1) is 20.5. The Morgan fingerprint density at radius 1 is 0.762 bits per heavy atom. The van der Waals surface area contributed by atoms with E-state index in [1.54, 1.807) is 0 Å². The number of hydrogen-bond donors (Lipinski definition) is 1. The number of unbranched alkanes of at least 4 members (excludes halogenated alkanes) is 11. The van der Waals surface area contributed by atoms with Crippen LogP contribution in [0, 0.1) is 5.92 Å². The third-order valence-corrected chi connectivity index (χ3v) is 4.53. The number of primary amides is 1. The van der Waals surface area contributed by atoms with E-state index in [2.05, 4.69) is 13.8 Å². The zero-order chi connectivity index (χ0) is 15.8. The smallest absolute Gasteiger partial charge is 0.217 e. The molecule has 1 unspecified atom stereocenters. The van der Waals surface area contributed by atoms with Crippen molar-refractivity contribution in [3.63, 3.8) is 0 Å². The van der Waals surface area contributed by atoms with Crippen molar-refractivity contribution in [2.24, 2.45) is 11.7 Å². The summed E-state index contributed by atoms with van der Waals surface area (Å²) < 4.78 is 0. The SMILES string of the molecule is CCCCCCCCCCCCCCC(CC)CC(N)=O. The van der Waals surface area contributed by atoms with Crippen molar-refractivity contribution < 1.29 is 4.79 Å². The third-order valence-electron chi connectivity index (χ3n) is 4.53. The van der Waals surface area contributed by atoms with Gasteiger partial charge in [-0.2, -0.15) is 0 Å². The van der Waals surface area contributed by atoms with Crippen molar-refractivity contribution in [3.8, 4) is 0 Å². The highest BCUT2D eigenvalue weighted by Crippen LogP contribution is 2.18. The van der Waals surface area contributed by atoms with Crippen LogP contribution in [0.5, 0.6) is 0 Å². The van der Waals surface area contributed by atoms with Gasteiger partial charge in [0.1, 0.15) is 0 Å². The van der Waals surface area contributed by atoms with E-state index in [4.69, 9.17) is 5.73 Å². The molecular formula is C19H39NO. The van der Waals surface area contributed by atoms with E-state index in [1.807, 2.05) is 0 Å². The third kappa shape index (κ3) is 15.7. The second-order valence-corrected chi connectivity index (χ2v) is 6.62. The number of carbonyl (C=O) groups is 1. The average Bonchev–Trinajstić information content (AvgIpc) is 2.46. The van der Waals surface area contributed by atoms with Crippen LogP contribution in [0.2, 0.25) is 0 Å². The van der Waals surface area contributed by atoms with Gasteiger partial charge >= 0.3 is 0 Å². The van der Waals surface area contributed by atoms with Gasteiger partial charge in [-0.15, -0.1) is 0 Å².